The Morgan fingerprint density at radius 3 is 3.00 bits per heavy atom. The van der Waals surface area contributed by atoms with Crippen molar-refractivity contribution in [3.63, 3.8) is 0 Å². The minimum atomic E-state index is -0.107. The summed E-state index contributed by atoms with van der Waals surface area (Å²) in [5.41, 5.74) is 1.76. The van der Waals surface area contributed by atoms with E-state index in [2.05, 4.69) is 18.3 Å². The summed E-state index contributed by atoms with van der Waals surface area (Å²) in [7, 11) is 0. The van der Waals surface area contributed by atoms with Crippen molar-refractivity contribution in [2.45, 2.75) is 39.0 Å². The number of nitrogens with one attached hydrogen (secondary N) is 1. The summed E-state index contributed by atoms with van der Waals surface area (Å²) in [5, 5.41) is 14.1. The second-order valence-electron chi connectivity index (χ2n) is 6.74. The second kappa shape index (κ2) is 8.97. The number of nitrogens with zero attached hydrogens (tertiary/aromatic N) is 1. The number of halogens is 2. The van der Waals surface area contributed by atoms with Gasteiger partial charge in [0, 0.05) is 16.3 Å². The van der Waals surface area contributed by atoms with E-state index in [1.165, 1.54) is 4.88 Å². The second-order valence-corrected chi connectivity index (χ2v) is 8.69. The van der Waals surface area contributed by atoms with Crippen LogP contribution in [0.4, 0.5) is 5.00 Å². The van der Waals surface area contributed by atoms with E-state index in [-0.39, 0.29) is 5.91 Å². The first-order chi connectivity index (χ1) is 13.0. The lowest BCUT2D eigenvalue weighted by molar-refractivity contribution is -0.116. The zero-order valence-electron chi connectivity index (χ0n) is 15.0. The van der Waals surface area contributed by atoms with Gasteiger partial charge in [0.05, 0.1) is 17.2 Å². The molecule has 0 bridgehead atoms. The van der Waals surface area contributed by atoms with E-state index in [1.807, 2.05) is 0 Å². The summed E-state index contributed by atoms with van der Waals surface area (Å²) in [6.45, 7) is 2.60. The van der Waals surface area contributed by atoms with Crippen molar-refractivity contribution in [2.75, 3.05) is 11.9 Å². The minimum Gasteiger partial charge on any atom is -0.492 e. The number of amides is 1. The maximum Gasteiger partial charge on any atom is 0.225 e. The number of hydrogen-bond donors (Lipinski definition) is 1. The monoisotopic (exact) mass is 422 g/mol. The number of fused-ring (bicyclic) bond motifs is 1. The highest BCUT2D eigenvalue weighted by Crippen LogP contribution is 2.39. The molecule has 0 saturated heterocycles. The molecular formula is C20H20Cl2N2O2S. The molecule has 1 amide bonds. The van der Waals surface area contributed by atoms with E-state index in [4.69, 9.17) is 27.9 Å². The topological polar surface area (TPSA) is 62.1 Å². The highest BCUT2D eigenvalue weighted by atomic mass is 35.5. The maximum absolute atomic E-state index is 12.3. The van der Waals surface area contributed by atoms with Crippen molar-refractivity contribution in [3.8, 4) is 11.8 Å². The number of thiophene rings is 1. The molecule has 1 aliphatic carbocycles. The van der Waals surface area contributed by atoms with E-state index >= 15 is 0 Å². The van der Waals surface area contributed by atoms with Gasteiger partial charge in [-0.2, -0.15) is 5.26 Å². The van der Waals surface area contributed by atoms with Crippen LogP contribution in [0.5, 0.6) is 5.75 Å². The van der Waals surface area contributed by atoms with Crippen LogP contribution in [0, 0.1) is 17.2 Å². The maximum atomic E-state index is 12.3. The summed E-state index contributed by atoms with van der Waals surface area (Å²) in [4.78, 5) is 13.5. The van der Waals surface area contributed by atoms with E-state index < -0.39 is 0 Å². The van der Waals surface area contributed by atoms with Crippen molar-refractivity contribution >= 4 is 45.4 Å². The van der Waals surface area contributed by atoms with Crippen LogP contribution < -0.4 is 10.1 Å². The quantitative estimate of drug-likeness (QED) is 0.593. The van der Waals surface area contributed by atoms with Gasteiger partial charge in [0.1, 0.15) is 16.8 Å². The number of hydrogen-bond acceptors (Lipinski definition) is 4. The van der Waals surface area contributed by atoms with Crippen LogP contribution in [0.3, 0.4) is 0 Å². The van der Waals surface area contributed by atoms with Gasteiger partial charge in [-0.25, -0.2) is 0 Å². The van der Waals surface area contributed by atoms with Crippen LogP contribution in [0.1, 0.15) is 42.2 Å². The molecule has 7 heteroatoms. The van der Waals surface area contributed by atoms with E-state index in [0.29, 0.717) is 51.7 Å². The van der Waals surface area contributed by atoms with Crippen LogP contribution >= 0.6 is 34.5 Å². The summed E-state index contributed by atoms with van der Waals surface area (Å²) in [6, 6.07) is 7.30. The van der Waals surface area contributed by atoms with Gasteiger partial charge < -0.3 is 10.1 Å². The first-order valence-electron chi connectivity index (χ1n) is 8.90. The van der Waals surface area contributed by atoms with Gasteiger partial charge in [-0.05, 0) is 55.4 Å². The van der Waals surface area contributed by atoms with Crippen molar-refractivity contribution < 1.29 is 9.53 Å². The van der Waals surface area contributed by atoms with Gasteiger partial charge >= 0.3 is 0 Å². The van der Waals surface area contributed by atoms with Crippen LogP contribution in [0.15, 0.2) is 18.2 Å². The summed E-state index contributed by atoms with van der Waals surface area (Å²) >= 11 is 13.4. The molecule has 1 N–H and O–H groups in total. The van der Waals surface area contributed by atoms with Crippen LogP contribution in [0.2, 0.25) is 10.0 Å². The number of nitriles is 1. The van der Waals surface area contributed by atoms with Crippen molar-refractivity contribution in [3.05, 3.63) is 44.2 Å². The Bertz CT molecular complexity index is 889. The summed E-state index contributed by atoms with van der Waals surface area (Å²) in [5.74, 6) is 1.07. The molecular weight excluding hydrogens is 403 g/mol. The molecule has 1 aliphatic rings. The van der Waals surface area contributed by atoms with Crippen molar-refractivity contribution in [1.82, 2.24) is 0 Å². The number of anilines is 1. The molecule has 0 spiro atoms. The molecule has 0 saturated carbocycles. The summed E-state index contributed by atoms with van der Waals surface area (Å²) in [6.07, 6.45) is 3.86. The Hall–Kier alpha value is -1.74. The molecule has 3 rings (SSSR count). The normalized spacial score (nSPS) is 15.7. The third kappa shape index (κ3) is 4.95. The fourth-order valence-electron chi connectivity index (χ4n) is 3.15. The molecule has 1 heterocycles. The average molecular weight is 423 g/mol. The first-order valence-corrected chi connectivity index (χ1v) is 10.5. The van der Waals surface area contributed by atoms with Crippen molar-refractivity contribution in [1.29, 1.82) is 5.26 Å². The smallest absolute Gasteiger partial charge is 0.225 e. The predicted octanol–water partition coefficient (Wildman–Crippen LogP) is 5.85. The molecule has 0 fully saturated rings. The SMILES string of the molecule is C[C@@H]1CCc2c(sc(NC(=O)CCCOc3ccc(Cl)cc3Cl)c2C#N)C1. The number of carbonyl (C=O) groups excluding carboxylic acids is 1. The van der Waals surface area contributed by atoms with Crippen LogP contribution in [0.25, 0.3) is 0 Å². The van der Waals surface area contributed by atoms with Gasteiger partial charge in [0.25, 0.3) is 0 Å². The molecule has 0 radical (unpaired) electrons. The lowest BCUT2D eigenvalue weighted by Gasteiger charge is -2.17. The molecule has 2 aromatic rings. The number of benzene rings is 1. The Labute approximate surface area is 173 Å². The van der Waals surface area contributed by atoms with Gasteiger partial charge in [0.15, 0.2) is 0 Å². The molecule has 1 aromatic carbocycles. The van der Waals surface area contributed by atoms with Crippen LogP contribution in [-0.4, -0.2) is 12.5 Å². The Balaban J connectivity index is 1.52. The molecule has 142 valence electrons. The molecule has 27 heavy (non-hydrogen) atoms. The van der Waals surface area contributed by atoms with Gasteiger partial charge in [-0.3, -0.25) is 4.79 Å². The van der Waals surface area contributed by atoms with Gasteiger partial charge in [0.2, 0.25) is 5.91 Å². The summed E-state index contributed by atoms with van der Waals surface area (Å²) < 4.78 is 5.60. The molecule has 0 unspecified atom stereocenters. The Kier molecular flexibility index (Phi) is 6.64. The average Bonchev–Trinajstić information content (AvgIpc) is 2.96. The number of ether oxygens (including phenoxy) is 1. The number of carbonyl (C=O) groups is 1. The predicted molar refractivity (Wildman–Crippen MR) is 110 cm³/mol. The zero-order valence-corrected chi connectivity index (χ0v) is 17.3. The van der Waals surface area contributed by atoms with E-state index in [0.717, 1.165) is 24.8 Å². The minimum absolute atomic E-state index is 0.107. The van der Waals surface area contributed by atoms with Gasteiger partial charge in [-0.15, -0.1) is 11.3 Å². The molecule has 4 nitrogen and oxygen atoms in total. The molecule has 0 aliphatic heterocycles. The standard InChI is InChI=1S/C20H20Cl2N2O2S/c1-12-4-6-14-15(11-23)20(27-18(14)9-12)24-19(25)3-2-8-26-17-7-5-13(21)10-16(17)22/h5,7,10,12H,2-4,6,8-9H2,1H3,(H,24,25)/t12-/m1/s1. The van der Waals surface area contributed by atoms with Crippen LogP contribution in [-0.2, 0) is 17.6 Å². The van der Waals surface area contributed by atoms with Crippen molar-refractivity contribution in [2.24, 2.45) is 5.92 Å². The molecule has 1 aromatic heterocycles. The fraction of sp³-hybridized carbons (Fsp3) is 0.400. The highest BCUT2D eigenvalue weighted by molar-refractivity contribution is 7.16. The fourth-order valence-corrected chi connectivity index (χ4v) is 4.99. The highest BCUT2D eigenvalue weighted by Gasteiger charge is 2.24. The number of rotatable bonds is 6. The first kappa shape index (κ1) is 20.0. The third-order valence-electron chi connectivity index (χ3n) is 4.58. The Morgan fingerprint density at radius 1 is 1.44 bits per heavy atom. The van der Waals surface area contributed by atoms with E-state index in [9.17, 15) is 10.1 Å². The lowest BCUT2D eigenvalue weighted by Crippen LogP contribution is -2.13. The third-order valence-corrected chi connectivity index (χ3v) is 6.28. The molecule has 1 atom stereocenters. The zero-order chi connectivity index (χ0) is 19.4. The van der Waals surface area contributed by atoms with E-state index in [1.54, 1.807) is 29.5 Å². The Morgan fingerprint density at radius 2 is 2.26 bits per heavy atom. The lowest BCUT2D eigenvalue weighted by atomic mass is 9.89. The van der Waals surface area contributed by atoms with Gasteiger partial charge in [-0.1, -0.05) is 30.1 Å². The largest absolute Gasteiger partial charge is 0.492 e.